The van der Waals surface area contributed by atoms with Crippen LogP contribution in [0.2, 0.25) is 0 Å². The first-order valence-corrected chi connectivity index (χ1v) is 7.40. The van der Waals surface area contributed by atoms with Crippen LogP contribution in [-0.2, 0) is 4.74 Å². The van der Waals surface area contributed by atoms with E-state index in [0.29, 0.717) is 19.3 Å². The van der Waals surface area contributed by atoms with Crippen molar-refractivity contribution < 1.29 is 9.84 Å². The molecule has 112 valence electrons. The Labute approximate surface area is 121 Å². The zero-order chi connectivity index (χ0) is 14.4. The Morgan fingerprint density at radius 3 is 3.20 bits per heavy atom. The highest BCUT2D eigenvalue weighted by molar-refractivity contribution is 5.43. The molecule has 2 unspecified atom stereocenters. The third-order valence-corrected chi connectivity index (χ3v) is 3.70. The van der Waals surface area contributed by atoms with Gasteiger partial charge in [-0.3, -0.25) is 0 Å². The number of anilines is 1. The Hall–Kier alpha value is -1.17. The molecule has 0 spiro atoms. The third-order valence-electron chi connectivity index (χ3n) is 3.70. The van der Waals surface area contributed by atoms with Crippen LogP contribution in [-0.4, -0.2) is 49.0 Å². The summed E-state index contributed by atoms with van der Waals surface area (Å²) in [5.41, 5.74) is 1.23. The van der Waals surface area contributed by atoms with E-state index in [4.69, 9.17) is 4.74 Å². The zero-order valence-electron chi connectivity index (χ0n) is 12.4. The molecule has 5 nitrogen and oxygen atoms in total. The second-order valence-corrected chi connectivity index (χ2v) is 5.23. The summed E-state index contributed by atoms with van der Waals surface area (Å²) in [6.07, 6.45) is 2.97. The van der Waals surface area contributed by atoms with Crippen LogP contribution < -0.4 is 10.2 Å². The molecule has 2 N–H and O–H groups in total. The maximum atomic E-state index is 9.46. The highest BCUT2D eigenvalue weighted by Gasteiger charge is 2.23. The van der Waals surface area contributed by atoms with Gasteiger partial charge in [0.05, 0.1) is 25.9 Å². The lowest BCUT2D eigenvalue weighted by Crippen LogP contribution is -2.48. The number of hydrogen-bond donors (Lipinski definition) is 2. The van der Waals surface area contributed by atoms with Crippen LogP contribution in [0.15, 0.2) is 18.3 Å². The SMILES string of the molecule is CCCNC(C)c1ccnc(N2CCOCC2CO)c1. The van der Waals surface area contributed by atoms with Crippen molar-refractivity contribution in [2.75, 3.05) is 37.8 Å². The minimum atomic E-state index is 0.00501. The van der Waals surface area contributed by atoms with Crippen molar-refractivity contribution in [3.05, 3.63) is 23.9 Å². The normalized spacial score (nSPS) is 20.9. The van der Waals surface area contributed by atoms with Gasteiger partial charge in [0.2, 0.25) is 0 Å². The van der Waals surface area contributed by atoms with Crippen LogP contribution in [0.3, 0.4) is 0 Å². The van der Waals surface area contributed by atoms with E-state index in [1.165, 1.54) is 5.56 Å². The van der Waals surface area contributed by atoms with Crippen molar-refractivity contribution in [1.82, 2.24) is 10.3 Å². The first kappa shape index (κ1) is 15.2. The Bertz CT molecular complexity index is 414. The summed E-state index contributed by atoms with van der Waals surface area (Å²) in [5.74, 6) is 0.926. The fourth-order valence-electron chi connectivity index (χ4n) is 2.45. The standard InChI is InChI=1S/C15H25N3O2/c1-3-5-16-12(2)13-4-6-17-15(9-13)18-7-8-20-11-14(18)10-19/h4,6,9,12,14,16,19H,3,5,7-8,10-11H2,1-2H3. The Kier molecular flexibility index (Phi) is 5.76. The van der Waals surface area contributed by atoms with E-state index in [0.717, 1.165) is 25.3 Å². The molecular formula is C15H25N3O2. The van der Waals surface area contributed by atoms with Gasteiger partial charge in [0.25, 0.3) is 0 Å². The van der Waals surface area contributed by atoms with E-state index in [1.54, 1.807) is 0 Å². The minimum absolute atomic E-state index is 0.00501. The average Bonchev–Trinajstić information content (AvgIpc) is 2.52. The number of hydrogen-bond acceptors (Lipinski definition) is 5. The van der Waals surface area contributed by atoms with Gasteiger partial charge in [-0.25, -0.2) is 4.98 Å². The second kappa shape index (κ2) is 7.57. The highest BCUT2D eigenvalue weighted by Crippen LogP contribution is 2.21. The first-order valence-electron chi connectivity index (χ1n) is 7.40. The summed E-state index contributed by atoms with van der Waals surface area (Å²) in [4.78, 5) is 6.59. The molecule has 1 saturated heterocycles. The van der Waals surface area contributed by atoms with E-state index >= 15 is 0 Å². The summed E-state index contributed by atoms with van der Waals surface area (Å²) < 4.78 is 5.41. The molecule has 2 heterocycles. The number of aliphatic hydroxyl groups excluding tert-OH is 1. The quantitative estimate of drug-likeness (QED) is 0.823. The number of morpholine rings is 1. The average molecular weight is 279 g/mol. The van der Waals surface area contributed by atoms with Crippen LogP contribution in [0.4, 0.5) is 5.82 Å². The third kappa shape index (κ3) is 3.69. The van der Waals surface area contributed by atoms with Crippen LogP contribution in [0, 0.1) is 0 Å². The molecule has 0 amide bonds. The molecule has 0 aromatic carbocycles. The van der Waals surface area contributed by atoms with Crippen molar-refractivity contribution in [1.29, 1.82) is 0 Å². The molecule has 20 heavy (non-hydrogen) atoms. The van der Waals surface area contributed by atoms with E-state index in [1.807, 2.05) is 12.3 Å². The van der Waals surface area contributed by atoms with E-state index in [-0.39, 0.29) is 12.6 Å². The summed E-state index contributed by atoms with van der Waals surface area (Å²) >= 11 is 0. The summed E-state index contributed by atoms with van der Waals surface area (Å²) in [6.45, 7) is 7.45. The van der Waals surface area contributed by atoms with Gasteiger partial charge in [-0.05, 0) is 37.6 Å². The number of pyridine rings is 1. The Morgan fingerprint density at radius 2 is 2.45 bits per heavy atom. The van der Waals surface area contributed by atoms with Crippen molar-refractivity contribution >= 4 is 5.82 Å². The monoisotopic (exact) mass is 279 g/mol. The number of nitrogens with one attached hydrogen (secondary N) is 1. The molecule has 2 rings (SSSR count). The van der Waals surface area contributed by atoms with E-state index in [9.17, 15) is 5.11 Å². The number of aliphatic hydroxyl groups is 1. The number of nitrogens with zero attached hydrogens (tertiary/aromatic N) is 2. The lowest BCUT2D eigenvalue weighted by molar-refractivity contribution is 0.0723. The van der Waals surface area contributed by atoms with Crippen molar-refractivity contribution in [3.63, 3.8) is 0 Å². The molecule has 1 aliphatic heterocycles. The lowest BCUT2D eigenvalue weighted by atomic mass is 10.1. The van der Waals surface area contributed by atoms with Crippen molar-refractivity contribution in [2.24, 2.45) is 0 Å². The van der Waals surface area contributed by atoms with Crippen LogP contribution in [0.5, 0.6) is 0 Å². The summed E-state index contributed by atoms with van der Waals surface area (Å²) in [5, 5.41) is 12.9. The Balaban J connectivity index is 2.11. The molecular weight excluding hydrogens is 254 g/mol. The molecule has 5 heteroatoms. The number of rotatable bonds is 6. The molecule has 0 aliphatic carbocycles. The second-order valence-electron chi connectivity index (χ2n) is 5.23. The summed E-state index contributed by atoms with van der Waals surface area (Å²) in [7, 11) is 0. The molecule has 0 bridgehead atoms. The molecule has 0 radical (unpaired) electrons. The maximum Gasteiger partial charge on any atom is 0.129 e. The molecule has 0 saturated carbocycles. The zero-order valence-corrected chi connectivity index (χ0v) is 12.4. The van der Waals surface area contributed by atoms with Gasteiger partial charge in [-0.2, -0.15) is 0 Å². The van der Waals surface area contributed by atoms with Crippen LogP contribution >= 0.6 is 0 Å². The predicted octanol–water partition coefficient (Wildman–Crippen LogP) is 1.34. The topological polar surface area (TPSA) is 57.6 Å². The van der Waals surface area contributed by atoms with E-state index in [2.05, 4.69) is 35.1 Å². The van der Waals surface area contributed by atoms with Crippen LogP contribution in [0.25, 0.3) is 0 Å². The van der Waals surface area contributed by atoms with Gasteiger partial charge in [-0.1, -0.05) is 6.92 Å². The Morgan fingerprint density at radius 1 is 1.60 bits per heavy atom. The van der Waals surface area contributed by atoms with Crippen molar-refractivity contribution in [3.8, 4) is 0 Å². The van der Waals surface area contributed by atoms with E-state index < -0.39 is 0 Å². The van der Waals surface area contributed by atoms with Gasteiger partial charge < -0.3 is 20.1 Å². The van der Waals surface area contributed by atoms with Gasteiger partial charge in [0.1, 0.15) is 5.82 Å². The van der Waals surface area contributed by atoms with Gasteiger partial charge in [-0.15, -0.1) is 0 Å². The molecule has 2 atom stereocenters. The number of aromatic nitrogens is 1. The van der Waals surface area contributed by atoms with Gasteiger partial charge in [0.15, 0.2) is 0 Å². The smallest absolute Gasteiger partial charge is 0.129 e. The molecule has 1 fully saturated rings. The van der Waals surface area contributed by atoms with Crippen molar-refractivity contribution in [2.45, 2.75) is 32.4 Å². The number of ether oxygens (including phenoxy) is 1. The fourth-order valence-corrected chi connectivity index (χ4v) is 2.45. The predicted molar refractivity (Wildman–Crippen MR) is 80.0 cm³/mol. The fraction of sp³-hybridized carbons (Fsp3) is 0.667. The summed E-state index contributed by atoms with van der Waals surface area (Å²) in [6, 6.07) is 4.47. The molecule has 1 aliphatic rings. The maximum absolute atomic E-state index is 9.46. The van der Waals surface area contributed by atoms with Crippen LogP contribution in [0.1, 0.15) is 31.9 Å². The molecule has 1 aromatic heterocycles. The largest absolute Gasteiger partial charge is 0.394 e. The first-order chi connectivity index (χ1) is 9.76. The van der Waals surface area contributed by atoms with Gasteiger partial charge >= 0.3 is 0 Å². The lowest BCUT2D eigenvalue weighted by Gasteiger charge is -2.35. The molecule has 1 aromatic rings. The van der Waals surface area contributed by atoms with Gasteiger partial charge in [0, 0.05) is 18.8 Å². The minimum Gasteiger partial charge on any atom is -0.394 e. The highest BCUT2D eigenvalue weighted by atomic mass is 16.5.